The van der Waals surface area contributed by atoms with Crippen LogP contribution in [0.25, 0.3) is 6.08 Å². The summed E-state index contributed by atoms with van der Waals surface area (Å²) in [5, 5.41) is 9.39. The van der Waals surface area contributed by atoms with Crippen LogP contribution in [0.3, 0.4) is 0 Å². The molecule has 0 amide bonds. The summed E-state index contributed by atoms with van der Waals surface area (Å²) < 4.78 is 5.60. The van der Waals surface area contributed by atoms with Crippen LogP contribution in [0.15, 0.2) is 42.5 Å². The van der Waals surface area contributed by atoms with E-state index >= 15 is 0 Å². The minimum absolute atomic E-state index is 0.0809. The van der Waals surface area contributed by atoms with Gasteiger partial charge >= 0.3 is 5.97 Å². The van der Waals surface area contributed by atoms with E-state index in [4.69, 9.17) is 10.5 Å². The standard InChI is InChI=1S/C27H35NO4/c1-26(2,3)20-15-19(16-21(17-20)27(4,5)6)23(29)11-9-18-8-10-22(25(30)31)24(14-18)32-13-7-12-28/h8-11,14-17H,7,12-13,28H2,1-6H3,(H,30,31). The fraction of sp³-hybridized carbons (Fsp3) is 0.407. The van der Waals surface area contributed by atoms with Crippen LogP contribution in [0, 0.1) is 0 Å². The van der Waals surface area contributed by atoms with Crippen LogP contribution in [-0.4, -0.2) is 30.0 Å². The number of aromatic carboxylic acids is 1. The van der Waals surface area contributed by atoms with E-state index in [9.17, 15) is 14.7 Å². The average Bonchev–Trinajstić information content (AvgIpc) is 2.70. The van der Waals surface area contributed by atoms with Gasteiger partial charge in [0.2, 0.25) is 0 Å². The molecule has 0 saturated heterocycles. The van der Waals surface area contributed by atoms with Crippen LogP contribution < -0.4 is 10.5 Å². The molecule has 3 N–H and O–H groups in total. The van der Waals surface area contributed by atoms with Crippen molar-refractivity contribution in [1.29, 1.82) is 0 Å². The van der Waals surface area contributed by atoms with E-state index in [-0.39, 0.29) is 27.9 Å². The topological polar surface area (TPSA) is 89.6 Å². The molecule has 0 atom stereocenters. The highest BCUT2D eigenvalue weighted by atomic mass is 16.5. The number of carbonyl (C=O) groups is 2. The van der Waals surface area contributed by atoms with Crippen LogP contribution in [0.1, 0.15) is 85.4 Å². The zero-order chi connectivity index (χ0) is 24.1. The van der Waals surface area contributed by atoms with Gasteiger partial charge < -0.3 is 15.6 Å². The van der Waals surface area contributed by atoms with Gasteiger partial charge in [-0.05, 0) is 70.8 Å². The van der Waals surface area contributed by atoms with Gasteiger partial charge in [0.05, 0.1) is 6.61 Å². The number of hydrogen-bond acceptors (Lipinski definition) is 4. The van der Waals surface area contributed by atoms with Crippen molar-refractivity contribution in [2.24, 2.45) is 5.73 Å². The lowest BCUT2D eigenvalue weighted by molar-refractivity contribution is 0.0692. The summed E-state index contributed by atoms with van der Waals surface area (Å²) in [6, 6.07) is 10.9. The van der Waals surface area contributed by atoms with Crippen molar-refractivity contribution < 1.29 is 19.4 Å². The zero-order valence-corrected chi connectivity index (χ0v) is 20.0. The Bertz CT molecular complexity index is 975. The Morgan fingerprint density at radius 2 is 1.56 bits per heavy atom. The Labute approximate surface area is 191 Å². The number of carboxylic acid groups (broad SMARTS) is 1. The maximum atomic E-state index is 13.0. The summed E-state index contributed by atoms with van der Waals surface area (Å²) in [5.41, 5.74) is 8.96. The molecule has 0 aliphatic heterocycles. The molecule has 0 heterocycles. The quantitative estimate of drug-likeness (QED) is 0.319. The molecule has 5 nitrogen and oxygen atoms in total. The van der Waals surface area contributed by atoms with E-state index in [0.717, 1.165) is 11.1 Å². The summed E-state index contributed by atoms with van der Waals surface area (Å²) in [6.07, 6.45) is 3.83. The molecule has 0 unspecified atom stereocenters. The predicted octanol–water partition coefficient (Wildman–Crippen LogP) is 5.60. The Kier molecular flexibility index (Phi) is 8.02. The van der Waals surface area contributed by atoms with E-state index in [2.05, 4.69) is 47.6 Å². The van der Waals surface area contributed by atoms with Gasteiger partial charge in [0.25, 0.3) is 0 Å². The number of rotatable bonds is 8. The van der Waals surface area contributed by atoms with Crippen LogP contribution in [0.5, 0.6) is 5.75 Å². The number of carbonyl (C=O) groups excluding carboxylic acids is 1. The second-order valence-corrected chi connectivity index (χ2v) is 10.0. The van der Waals surface area contributed by atoms with Gasteiger partial charge in [-0.1, -0.05) is 59.8 Å². The average molecular weight is 438 g/mol. The van der Waals surface area contributed by atoms with Gasteiger partial charge in [-0.15, -0.1) is 0 Å². The van der Waals surface area contributed by atoms with Crippen molar-refractivity contribution in [2.45, 2.75) is 58.8 Å². The highest BCUT2D eigenvalue weighted by Crippen LogP contribution is 2.30. The number of nitrogens with two attached hydrogens (primary N) is 1. The Morgan fingerprint density at radius 3 is 2.06 bits per heavy atom. The fourth-order valence-corrected chi connectivity index (χ4v) is 3.11. The van der Waals surface area contributed by atoms with Crippen molar-refractivity contribution in [3.8, 4) is 5.75 Å². The lowest BCUT2D eigenvalue weighted by Gasteiger charge is -2.25. The fourth-order valence-electron chi connectivity index (χ4n) is 3.11. The number of benzene rings is 2. The molecule has 32 heavy (non-hydrogen) atoms. The number of carboxylic acids is 1. The first kappa shape index (κ1) is 25.3. The van der Waals surface area contributed by atoms with Crippen molar-refractivity contribution in [3.63, 3.8) is 0 Å². The first-order valence-electron chi connectivity index (χ1n) is 10.9. The van der Waals surface area contributed by atoms with Gasteiger partial charge in [-0.2, -0.15) is 0 Å². The largest absolute Gasteiger partial charge is 0.493 e. The number of hydrogen-bond donors (Lipinski definition) is 2. The third-order valence-corrected chi connectivity index (χ3v) is 5.22. The molecular weight excluding hydrogens is 402 g/mol. The third-order valence-electron chi connectivity index (χ3n) is 5.22. The van der Waals surface area contributed by atoms with Gasteiger partial charge in [0.15, 0.2) is 5.78 Å². The second kappa shape index (κ2) is 10.1. The van der Waals surface area contributed by atoms with Crippen LogP contribution >= 0.6 is 0 Å². The molecule has 5 heteroatoms. The molecular formula is C27H35NO4. The monoisotopic (exact) mass is 437 g/mol. The SMILES string of the molecule is CC(C)(C)c1cc(C(=O)C=Cc2ccc(C(=O)O)c(OCCCN)c2)cc(C(C)(C)C)c1. The van der Waals surface area contributed by atoms with Crippen LogP contribution in [0.4, 0.5) is 0 Å². The van der Waals surface area contributed by atoms with E-state index in [1.54, 1.807) is 18.2 Å². The van der Waals surface area contributed by atoms with E-state index < -0.39 is 5.97 Å². The van der Waals surface area contributed by atoms with Gasteiger partial charge in [0, 0.05) is 5.56 Å². The van der Waals surface area contributed by atoms with Gasteiger partial charge in [0.1, 0.15) is 11.3 Å². The third kappa shape index (κ3) is 6.79. The Balaban J connectivity index is 2.37. The normalized spacial score (nSPS) is 12.2. The molecule has 0 saturated carbocycles. The highest BCUT2D eigenvalue weighted by molar-refractivity contribution is 6.07. The number of ketones is 1. The first-order chi connectivity index (χ1) is 14.8. The molecule has 0 aromatic heterocycles. The summed E-state index contributed by atoms with van der Waals surface area (Å²) in [6.45, 7) is 13.6. The van der Waals surface area contributed by atoms with Crippen molar-refractivity contribution in [1.82, 2.24) is 0 Å². The van der Waals surface area contributed by atoms with E-state index in [1.807, 2.05) is 12.1 Å². The number of allylic oxidation sites excluding steroid dienone is 1. The molecule has 2 rings (SSSR count). The van der Waals surface area contributed by atoms with E-state index in [1.165, 1.54) is 12.1 Å². The molecule has 0 bridgehead atoms. The Hall–Kier alpha value is -2.92. The first-order valence-corrected chi connectivity index (χ1v) is 10.9. The summed E-state index contributed by atoms with van der Waals surface area (Å²) >= 11 is 0. The second-order valence-electron chi connectivity index (χ2n) is 10.0. The van der Waals surface area contributed by atoms with Gasteiger partial charge in [-0.25, -0.2) is 4.79 Å². The maximum Gasteiger partial charge on any atom is 0.339 e. The molecule has 0 fully saturated rings. The molecule has 172 valence electrons. The molecule has 2 aromatic rings. The van der Waals surface area contributed by atoms with Crippen molar-refractivity contribution in [3.05, 3.63) is 70.3 Å². The van der Waals surface area contributed by atoms with Crippen molar-refractivity contribution in [2.75, 3.05) is 13.2 Å². The van der Waals surface area contributed by atoms with E-state index in [0.29, 0.717) is 30.7 Å². The minimum Gasteiger partial charge on any atom is -0.493 e. The summed E-state index contributed by atoms with van der Waals surface area (Å²) in [4.78, 5) is 24.5. The van der Waals surface area contributed by atoms with Gasteiger partial charge in [-0.3, -0.25) is 4.79 Å². The smallest absolute Gasteiger partial charge is 0.339 e. The van der Waals surface area contributed by atoms with Crippen molar-refractivity contribution >= 4 is 17.8 Å². The molecule has 0 aliphatic rings. The number of ether oxygens (including phenoxy) is 1. The zero-order valence-electron chi connectivity index (χ0n) is 20.0. The summed E-state index contributed by atoms with van der Waals surface area (Å²) in [7, 11) is 0. The maximum absolute atomic E-state index is 13.0. The lowest BCUT2D eigenvalue weighted by atomic mass is 9.79. The minimum atomic E-state index is -1.06. The highest BCUT2D eigenvalue weighted by Gasteiger charge is 2.21. The molecule has 2 aromatic carbocycles. The lowest BCUT2D eigenvalue weighted by Crippen LogP contribution is -2.17. The van der Waals surface area contributed by atoms with Crippen LogP contribution in [0.2, 0.25) is 0 Å². The molecule has 0 spiro atoms. The molecule has 0 radical (unpaired) electrons. The predicted molar refractivity (Wildman–Crippen MR) is 130 cm³/mol. The molecule has 0 aliphatic carbocycles. The summed E-state index contributed by atoms with van der Waals surface area (Å²) in [5.74, 6) is -0.895. The van der Waals surface area contributed by atoms with Crippen LogP contribution in [-0.2, 0) is 10.8 Å². The Morgan fingerprint density at radius 1 is 0.969 bits per heavy atom.